The lowest BCUT2D eigenvalue weighted by Gasteiger charge is -2.33. The highest BCUT2D eigenvalue weighted by atomic mass is 32.1. The van der Waals surface area contributed by atoms with Gasteiger partial charge < -0.3 is 14.4 Å². The fraction of sp³-hybridized carbons (Fsp3) is 0.0541. The van der Waals surface area contributed by atoms with E-state index in [0.29, 0.717) is 0 Å². The summed E-state index contributed by atoms with van der Waals surface area (Å²) >= 11 is 1.88. The van der Waals surface area contributed by atoms with Crippen LogP contribution in [0, 0.1) is 13.8 Å². The number of hydrogen-bond donors (Lipinski definition) is 0. The molecule has 0 spiro atoms. The number of anilines is 5. The van der Waals surface area contributed by atoms with Gasteiger partial charge in [0.05, 0.1) is 16.7 Å². The Kier molecular flexibility index (Phi) is 12.0. The number of hydrogen-bond acceptors (Lipinski definition) is 3. The first kappa shape index (κ1) is 47.0. The van der Waals surface area contributed by atoms with E-state index < -0.39 is 0 Å². The summed E-state index contributed by atoms with van der Waals surface area (Å²) in [6, 6.07) is 96.0. The second-order valence-electron chi connectivity index (χ2n) is 20.5. The molecule has 11 aromatic carbocycles. The van der Waals surface area contributed by atoms with Gasteiger partial charge in [0.15, 0.2) is 0 Å². The average molecular weight is 1020 g/mol. The summed E-state index contributed by atoms with van der Waals surface area (Å²) in [6.07, 6.45) is 8.06. The molecule has 78 heavy (non-hydrogen) atoms. The average Bonchev–Trinajstić information content (AvgIpc) is 4.24. The molecule has 13 aromatic rings. The summed E-state index contributed by atoms with van der Waals surface area (Å²) in [4.78, 5) is 4.99. The largest absolute Gasteiger partial charge is 0.311 e. The molecule has 0 radical (unpaired) electrons. The molecule has 0 amide bonds. The van der Waals surface area contributed by atoms with Crippen molar-refractivity contribution in [1.82, 2.24) is 4.57 Å². The molecule has 14 rings (SSSR count). The van der Waals surface area contributed by atoms with Crippen molar-refractivity contribution in [2.24, 2.45) is 0 Å². The van der Waals surface area contributed by atoms with E-state index in [1.165, 1.54) is 86.5 Å². The van der Waals surface area contributed by atoms with Gasteiger partial charge in [0.25, 0.3) is 0 Å². The highest BCUT2D eigenvalue weighted by Gasteiger charge is 2.27. The summed E-state index contributed by atoms with van der Waals surface area (Å²) < 4.78 is 5.04. The van der Waals surface area contributed by atoms with Crippen molar-refractivity contribution in [1.29, 1.82) is 0 Å². The standard InChI is InChI=1S/C74H55N3S/c1-50-22-15-16-32-63(50)71-51(2)23-21-36-68(71)76(57-28-11-5-12-29-57)62-47-56(66-49-70-73(65-34-18-20-37-69(65)78-70)74-72(66)64-33-17-19-35-67(64)77(74)58-30-13-6-14-31-58)46-61(48-62)75(59-42-38-54(39-43-59)52-24-7-3-8-25-52)60-44-40-55(41-45-60)53-26-9-4-10-27-53/h3-40,42-49,55H,41H2,1-2H3. The SMILES string of the molecule is Cc1ccccc1-c1c(C)cccc1N(c1ccccc1)c1cc(-c2cc3sc4ccccc4c3c3c2c2ccccc2n3-c2ccccc2)cc(N(C2=CCC(c3ccccc3)C=C2)c2ccc(-c3ccccc3)cc2)c1. The normalized spacial score (nSPS) is 13.4. The molecule has 3 nitrogen and oxygen atoms in total. The van der Waals surface area contributed by atoms with Crippen molar-refractivity contribution < 1.29 is 0 Å². The lowest BCUT2D eigenvalue weighted by molar-refractivity contribution is 0.840. The molecule has 1 unspecified atom stereocenters. The Hall–Kier alpha value is -9.48. The molecular weight excluding hydrogens is 963 g/mol. The van der Waals surface area contributed by atoms with E-state index in [1.807, 2.05) is 11.3 Å². The van der Waals surface area contributed by atoms with Crippen molar-refractivity contribution in [3.63, 3.8) is 0 Å². The number of thiophene rings is 1. The lowest BCUT2D eigenvalue weighted by Crippen LogP contribution is -2.18. The number of para-hydroxylation sites is 3. The minimum absolute atomic E-state index is 0.275. The second kappa shape index (κ2) is 19.9. The molecule has 1 aliphatic rings. The van der Waals surface area contributed by atoms with Crippen molar-refractivity contribution in [3.8, 4) is 39.1 Å². The molecule has 0 aliphatic heterocycles. The third-order valence-electron chi connectivity index (χ3n) is 15.7. The topological polar surface area (TPSA) is 11.4 Å². The molecule has 2 heterocycles. The van der Waals surface area contributed by atoms with Crippen LogP contribution >= 0.6 is 11.3 Å². The van der Waals surface area contributed by atoms with Gasteiger partial charge in [0.2, 0.25) is 0 Å². The summed E-state index contributed by atoms with van der Waals surface area (Å²) in [7, 11) is 0. The van der Waals surface area contributed by atoms with Gasteiger partial charge in [0, 0.05) is 76.6 Å². The molecule has 0 bridgehead atoms. The van der Waals surface area contributed by atoms with Gasteiger partial charge in [-0.05, 0) is 150 Å². The maximum absolute atomic E-state index is 2.51. The Labute approximate surface area is 460 Å². The molecule has 372 valence electrons. The van der Waals surface area contributed by atoms with Crippen LogP contribution in [0.2, 0.25) is 0 Å². The molecule has 0 saturated carbocycles. The predicted molar refractivity (Wildman–Crippen MR) is 334 cm³/mol. The van der Waals surface area contributed by atoms with Crippen molar-refractivity contribution in [2.75, 3.05) is 9.80 Å². The van der Waals surface area contributed by atoms with E-state index in [1.54, 1.807) is 0 Å². The third kappa shape index (κ3) is 8.30. The number of aryl methyl sites for hydroxylation is 2. The van der Waals surface area contributed by atoms with Crippen molar-refractivity contribution in [3.05, 3.63) is 301 Å². The zero-order valence-corrected chi connectivity index (χ0v) is 44.4. The van der Waals surface area contributed by atoms with Gasteiger partial charge in [-0.15, -0.1) is 11.3 Å². The summed E-state index contributed by atoms with van der Waals surface area (Å²) in [5.41, 5.74) is 21.0. The van der Waals surface area contributed by atoms with Crippen molar-refractivity contribution >= 4 is 81.8 Å². The Morgan fingerprint density at radius 3 is 1.79 bits per heavy atom. The van der Waals surface area contributed by atoms with E-state index in [-0.39, 0.29) is 5.92 Å². The molecule has 1 aliphatic carbocycles. The molecule has 1 atom stereocenters. The van der Waals surface area contributed by atoms with Gasteiger partial charge >= 0.3 is 0 Å². The van der Waals surface area contributed by atoms with Crippen LogP contribution in [0.1, 0.15) is 29.0 Å². The van der Waals surface area contributed by atoms with E-state index in [9.17, 15) is 0 Å². The van der Waals surface area contributed by atoms with Crippen molar-refractivity contribution in [2.45, 2.75) is 26.2 Å². The van der Waals surface area contributed by atoms with Crippen LogP contribution in [-0.4, -0.2) is 4.57 Å². The maximum atomic E-state index is 2.51. The van der Waals surface area contributed by atoms with E-state index in [0.717, 1.165) is 51.8 Å². The van der Waals surface area contributed by atoms with E-state index >= 15 is 0 Å². The van der Waals surface area contributed by atoms with Crippen LogP contribution < -0.4 is 9.80 Å². The fourth-order valence-electron chi connectivity index (χ4n) is 12.1. The zero-order valence-electron chi connectivity index (χ0n) is 43.6. The molecule has 2 aromatic heterocycles. The number of allylic oxidation sites excluding steroid dienone is 3. The number of aromatic nitrogens is 1. The monoisotopic (exact) mass is 1020 g/mol. The molecular formula is C74H55N3S. The molecule has 0 N–H and O–H groups in total. The first-order valence-electron chi connectivity index (χ1n) is 27.0. The molecule has 0 saturated heterocycles. The fourth-order valence-corrected chi connectivity index (χ4v) is 13.2. The van der Waals surface area contributed by atoms with E-state index in [4.69, 9.17) is 0 Å². The first-order valence-corrected chi connectivity index (χ1v) is 27.8. The number of benzene rings is 11. The molecule has 0 fully saturated rings. The quantitative estimate of drug-likeness (QED) is 0.128. The van der Waals surface area contributed by atoms with Gasteiger partial charge in [-0.25, -0.2) is 0 Å². The summed E-state index contributed by atoms with van der Waals surface area (Å²) in [5, 5.41) is 5.01. The zero-order chi connectivity index (χ0) is 52.1. The Balaban J connectivity index is 1.09. The second-order valence-corrected chi connectivity index (χ2v) is 21.6. The van der Waals surface area contributed by atoms with Crippen LogP contribution in [0.4, 0.5) is 28.4 Å². The van der Waals surface area contributed by atoms with Gasteiger partial charge in [-0.2, -0.15) is 0 Å². The van der Waals surface area contributed by atoms with Crippen LogP contribution in [-0.2, 0) is 0 Å². The Morgan fingerprint density at radius 1 is 0.436 bits per heavy atom. The highest BCUT2D eigenvalue weighted by molar-refractivity contribution is 7.26. The Bertz CT molecular complexity index is 4420. The Morgan fingerprint density at radius 2 is 1.05 bits per heavy atom. The smallest absolute Gasteiger partial charge is 0.0640 e. The molecule has 4 heteroatoms. The maximum Gasteiger partial charge on any atom is 0.0640 e. The lowest BCUT2D eigenvalue weighted by atomic mass is 9.91. The minimum atomic E-state index is 0.275. The van der Waals surface area contributed by atoms with Crippen LogP contribution in [0.3, 0.4) is 0 Å². The first-order chi connectivity index (χ1) is 38.5. The van der Waals surface area contributed by atoms with Gasteiger partial charge in [-0.1, -0.05) is 194 Å². The van der Waals surface area contributed by atoms with Crippen LogP contribution in [0.15, 0.2) is 285 Å². The minimum Gasteiger partial charge on any atom is -0.311 e. The third-order valence-corrected chi connectivity index (χ3v) is 16.9. The summed E-state index contributed by atoms with van der Waals surface area (Å²) in [5.74, 6) is 0.275. The number of rotatable bonds is 11. The van der Waals surface area contributed by atoms with Crippen LogP contribution in [0.5, 0.6) is 0 Å². The highest BCUT2D eigenvalue weighted by Crippen LogP contribution is 2.51. The van der Waals surface area contributed by atoms with E-state index in [2.05, 4.69) is 307 Å². The van der Waals surface area contributed by atoms with Gasteiger partial charge in [-0.3, -0.25) is 0 Å². The van der Waals surface area contributed by atoms with Gasteiger partial charge in [0.1, 0.15) is 0 Å². The number of fused-ring (bicyclic) bond motifs is 7. The predicted octanol–water partition coefficient (Wildman–Crippen LogP) is 21.0. The summed E-state index contributed by atoms with van der Waals surface area (Å²) in [6.45, 7) is 4.48. The number of nitrogens with zero attached hydrogens (tertiary/aromatic N) is 3. The van der Waals surface area contributed by atoms with Crippen LogP contribution in [0.25, 0.3) is 81.0 Å².